The van der Waals surface area contributed by atoms with E-state index in [2.05, 4.69) is 20.3 Å². The Morgan fingerprint density at radius 3 is 2.65 bits per heavy atom. The van der Waals surface area contributed by atoms with Crippen LogP contribution in [0, 0.1) is 17.2 Å². The average molecular weight is 517 g/mol. The molecule has 0 radical (unpaired) electrons. The van der Waals surface area contributed by atoms with Gasteiger partial charge < -0.3 is 24.8 Å². The number of pyridine rings is 1. The molecule has 0 spiro atoms. The van der Waals surface area contributed by atoms with Crippen LogP contribution in [0.3, 0.4) is 0 Å². The van der Waals surface area contributed by atoms with Crippen molar-refractivity contribution in [1.29, 1.82) is 5.41 Å². The van der Waals surface area contributed by atoms with E-state index in [1.807, 2.05) is 16.8 Å². The quantitative estimate of drug-likeness (QED) is 0.421. The number of aromatic nitrogens is 4. The number of piperidine rings is 1. The van der Waals surface area contributed by atoms with Crippen LogP contribution in [0.1, 0.15) is 43.5 Å². The molecule has 0 saturated carbocycles. The minimum Gasteiger partial charge on any atom is -0.477 e. The Bertz CT molecular complexity index is 1230. The number of fused-ring (bicyclic) bond motifs is 1. The van der Waals surface area contributed by atoms with Crippen LogP contribution in [0.2, 0.25) is 0 Å². The Kier molecular flexibility index (Phi) is 7.71. The van der Waals surface area contributed by atoms with Gasteiger partial charge in [-0.15, -0.1) is 0 Å². The molecular formula is C26H31F3N6O2. The zero-order valence-corrected chi connectivity index (χ0v) is 20.6. The Morgan fingerprint density at radius 2 is 1.92 bits per heavy atom. The summed E-state index contributed by atoms with van der Waals surface area (Å²) >= 11 is 0. The Morgan fingerprint density at radius 1 is 1.14 bits per heavy atom. The fourth-order valence-electron chi connectivity index (χ4n) is 5.11. The van der Waals surface area contributed by atoms with E-state index in [0.29, 0.717) is 48.2 Å². The maximum atomic E-state index is 14.0. The molecule has 198 valence electrons. The molecule has 2 aliphatic rings. The summed E-state index contributed by atoms with van der Waals surface area (Å²) in [6.07, 6.45) is 4.16. The number of rotatable bonds is 8. The first kappa shape index (κ1) is 25.6. The van der Waals surface area contributed by atoms with Crippen LogP contribution in [-0.4, -0.2) is 58.6 Å². The summed E-state index contributed by atoms with van der Waals surface area (Å²) < 4.78 is 55.1. The molecule has 0 bridgehead atoms. The fourth-order valence-corrected chi connectivity index (χ4v) is 5.11. The number of ether oxygens (including phenoxy) is 2. The summed E-state index contributed by atoms with van der Waals surface area (Å²) in [5.74, 6) is 0.574. The van der Waals surface area contributed by atoms with Crippen LogP contribution >= 0.6 is 0 Å². The number of halogens is 3. The van der Waals surface area contributed by atoms with Crippen LogP contribution in [0.25, 0.3) is 22.3 Å². The maximum absolute atomic E-state index is 14.0. The van der Waals surface area contributed by atoms with Crippen molar-refractivity contribution in [2.45, 2.75) is 44.8 Å². The summed E-state index contributed by atoms with van der Waals surface area (Å²) in [5, 5.41) is 11.6. The molecule has 2 fully saturated rings. The molecule has 0 aliphatic carbocycles. The van der Waals surface area contributed by atoms with E-state index in [9.17, 15) is 13.2 Å². The first-order valence-electron chi connectivity index (χ1n) is 12.8. The van der Waals surface area contributed by atoms with E-state index in [1.54, 1.807) is 0 Å². The molecule has 5 rings (SSSR count). The summed E-state index contributed by atoms with van der Waals surface area (Å²) in [4.78, 5) is 12.9. The highest BCUT2D eigenvalue weighted by molar-refractivity contribution is 5.93. The molecule has 2 N–H and O–H groups in total. The third kappa shape index (κ3) is 5.93. The molecule has 11 heteroatoms. The highest BCUT2D eigenvalue weighted by atomic mass is 19.4. The molecule has 37 heavy (non-hydrogen) atoms. The highest BCUT2D eigenvalue weighted by Crippen LogP contribution is 2.38. The van der Waals surface area contributed by atoms with Gasteiger partial charge in [0.05, 0.1) is 18.5 Å². The molecule has 0 aromatic carbocycles. The number of nitrogens with zero attached hydrogens (tertiary/aromatic N) is 4. The van der Waals surface area contributed by atoms with Crippen molar-refractivity contribution < 1.29 is 22.6 Å². The molecule has 3 aromatic rings. The second kappa shape index (κ2) is 11.1. The Labute approximate surface area is 213 Å². The molecule has 3 aromatic heterocycles. The molecule has 5 heterocycles. The largest absolute Gasteiger partial charge is 0.477 e. The van der Waals surface area contributed by atoms with Gasteiger partial charge in [-0.2, -0.15) is 13.2 Å². The third-order valence-corrected chi connectivity index (χ3v) is 7.21. The van der Waals surface area contributed by atoms with Crippen LogP contribution in [0.4, 0.5) is 13.2 Å². The topological polar surface area (TPSA) is 97.9 Å². The second-order valence-corrected chi connectivity index (χ2v) is 9.74. The molecule has 8 nitrogen and oxygen atoms in total. The van der Waals surface area contributed by atoms with Gasteiger partial charge in [-0.1, -0.05) is 0 Å². The number of alkyl halides is 3. The van der Waals surface area contributed by atoms with Crippen molar-refractivity contribution in [3.63, 3.8) is 0 Å². The predicted octanol–water partition coefficient (Wildman–Crippen LogP) is 4.70. The lowest BCUT2D eigenvalue weighted by molar-refractivity contribution is -0.139. The smallest absolute Gasteiger partial charge is 0.421 e. The average Bonchev–Trinajstić information content (AvgIpc) is 3.31. The number of nitrogens with one attached hydrogen (secondary N) is 2. The van der Waals surface area contributed by atoms with Gasteiger partial charge in [0.15, 0.2) is 5.82 Å². The van der Waals surface area contributed by atoms with Gasteiger partial charge in [0.1, 0.15) is 11.2 Å². The van der Waals surface area contributed by atoms with Crippen LogP contribution in [0.5, 0.6) is 5.88 Å². The normalized spacial score (nSPS) is 17.8. The van der Waals surface area contributed by atoms with Crippen LogP contribution < -0.4 is 10.1 Å². The summed E-state index contributed by atoms with van der Waals surface area (Å²) in [7, 11) is 0. The van der Waals surface area contributed by atoms with Crippen molar-refractivity contribution in [2.24, 2.45) is 11.8 Å². The highest BCUT2D eigenvalue weighted by Gasteiger charge is 2.36. The van der Waals surface area contributed by atoms with Gasteiger partial charge >= 0.3 is 6.18 Å². The Balaban J connectivity index is 1.44. The summed E-state index contributed by atoms with van der Waals surface area (Å²) in [6.45, 7) is 4.18. The van der Waals surface area contributed by atoms with Gasteiger partial charge in [-0.25, -0.2) is 15.0 Å². The molecule has 0 atom stereocenters. The van der Waals surface area contributed by atoms with Gasteiger partial charge in [-0.05, 0) is 69.2 Å². The van der Waals surface area contributed by atoms with Gasteiger partial charge in [-0.3, -0.25) is 0 Å². The minimum absolute atomic E-state index is 0.130. The van der Waals surface area contributed by atoms with Gasteiger partial charge in [0.2, 0.25) is 5.88 Å². The SMILES string of the molecule is N=Cc1nc(-c2cnc(OCCC3CCNCC3)c(C(F)(F)F)c2)c2ccn(CC3CCOCC3)c2n1. The molecule has 2 saturated heterocycles. The van der Waals surface area contributed by atoms with E-state index >= 15 is 0 Å². The standard InChI is InChI=1S/C26H31F3N6O2/c27-26(28,29)21-13-19(15-32-25(21)37-12-6-17-1-7-31-8-2-17)23-20-3-9-35(16-18-4-10-36-11-5-18)24(20)34-22(14-30)33-23/h3,9,13-15,17-18,30-31H,1-2,4-8,10-12,16H2. The lowest BCUT2D eigenvalue weighted by Gasteiger charge is -2.23. The Hall–Kier alpha value is -3.05. The summed E-state index contributed by atoms with van der Waals surface area (Å²) in [5.41, 5.74) is 0.178. The van der Waals surface area contributed by atoms with Gasteiger partial charge in [0.25, 0.3) is 0 Å². The molecular weight excluding hydrogens is 485 g/mol. The second-order valence-electron chi connectivity index (χ2n) is 9.74. The first-order valence-corrected chi connectivity index (χ1v) is 12.8. The summed E-state index contributed by atoms with van der Waals surface area (Å²) in [6, 6.07) is 2.85. The van der Waals surface area contributed by atoms with E-state index < -0.39 is 17.6 Å². The minimum atomic E-state index is -4.64. The van der Waals surface area contributed by atoms with Crippen molar-refractivity contribution in [3.05, 3.63) is 35.9 Å². The van der Waals surface area contributed by atoms with E-state index in [1.165, 1.54) is 6.20 Å². The van der Waals surface area contributed by atoms with E-state index in [-0.39, 0.29) is 18.0 Å². The third-order valence-electron chi connectivity index (χ3n) is 7.21. The molecule has 0 unspecified atom stereocenters. The van der Waals surface area contributed by atoms with Crippen molar-refractivity contribution in [1.82, 2.24) is 24.8 Å². The van der Waals surface area contributed by atoms with Gasteiger partial charge in [0, 0.05) is 43.1 Å². The van der Waals surface area contributed by atoms with Crippen molar-refractivity contribution in [2.75, 3.05) is 32.9 Å². The van der Waals surface area contributed by atoms with Crippen LogP contribution in [-0.2, 0) is 17.5 Å². The number of hydrogen-bond donors (Lipinski definition) is 2. The lowest BCUT2D eigenvalue weighted by Crippen LogP contribution is -2.28. The molecule has 0 amide bonds. The fraction of sp³-hybridized carbons (Fsp3) is 0.538. The van der Waals surface area contributed by atoms with Crippen molar-refractivity contribution >= 4 is 17.2 Å². The lowest BCUT2D eigenvalue weighted by atomic mass is 9.95. The monoisotopic (exact) mass is 516 g/mol. The zero-order chi connectivity index (χ0) is 25.8. The van der Waals surface area contributed by atoms with Crippen LogP contribution in [0.15, 0.2) is 24.5 Å². The predicted molar refractivity (Wildman–Crippen MR) is 133 cm³/mol. The zero-order valence-electron chi connectivity index (χ0n) is 20.6. The van der Waals surface area contributed by atoms with E-state index in [4.69, 9.17) is 14.9 Å². The van der Waals surface area contributed by atoms with E-state index in [0.717, 1.165) is 57.6 Å². The maximum Gasteiger partial charge on any atom is 0.421 e. The number of hydrogen-bond acceptors (Lipinski definition) is 7. The van der Waals surface area contributed by atoms with Crippen molar-refractivity contribution in [3.8, 4) is 17.1 Å². The molecule has 2 aliphatic heterocycles. The first-order chi connectivity index (χ1) is 17.9.